The van der Waals surface area contributed by atoms with Crippen molar-refractivity contribution in [2.75, 3.05) is 0 Å². The molecule has 2 heterocycles. The van der Waals surface area contributed by atoms with Crippen LogP contribution in [0.5, 0.6) is 0 Å². The van der Waals surface area contributed by atoms with Crippen molar-refractivity contribution in [1.29, 1.82) is 0 Å². The lowest BCUT2D eigenvalue weighted by Gasteiger charge is -2.15. The van der Waals surface area contributed by atoms with Gasteiger partial charge in [0.1, 0.15) is 12.2 Å². The Labute approximate surface area is 90.1 Å². The number of aliphatic hydroxyl groups is 2. The van der Waals surface area contributed by atoms with Crippen molar-refractivity contribution in [3.63, 3.8) is 0 Å². The Balaban J connectivity index is 2.16. The van der Waals surface area contributed by atoms with E-state index in [9.17, 15) is 10.2 Å². The first kappa shape index (κ1) is 9.86. The Bertz CT molecular complexity index is 328. The molecule has 2 rings (SSSR count). The van der Waals surface area contributed by atoms with Gasteiger partial charge in [-0.15, -0.1) is 0 Å². The topological polar surface area (TPSA) is 40.5 Å². The predicted molar refractivity (Wildman–Crippen MR) is 58.6 cm³/mol. The Morgan fingerprint density at radius 1 is 0.857 bits per heavy atom. The summed E-state index contributed by atoms with van der Waals surface area (Å²) in [5.41, 5.74) is 1.54. The zero-order valence-corrected chi connectivity index (χ0v) is 8.96. The van der Waals surface area contributed by atoms with Gasteiger partial charge in [-0.1, -0.05) is 0 Å². The molecule has 0 fully saturated rings. The van der Waals surface area contributed by atoms with E-state index in [4.69, 9.17) is 0 Å². The fourth-order valence-electron chi connectivity index (χ4n) is 1.25. The van der Waals surface area contributed by atoms with Crippen LogP contribution < -0.4 is 0 Å². The lowest BCUT2D eigenvalue weighted by Crippen LogP contribution is -2.08. The molecule has 0 aliphatic heterocycles. The number of rotatable bonds is 3. The van der Waals surface area contributed by atoms with Gasteiger partial charge >= 0.3 is 0 Å². The molecule has 2 N–H and O–H groups in total. The molecule has 0 saturated heterocycles. The second kappa shape index (κ2) is 4.23. The zero-order valence-electron chi connectivity index (χ0n) is 7.33. The lowest BCUT2D eigenvalue weighted by molar-refractivity contribution is 0.0177. The highest BCUT2D eigenvalue weighted by atomic mass is 32.1. The van der Waals surface area contributed by atoms with Crippen LogP contribution in [0.1, 0.15) is 23.3 Å². The van der Waals surface area contributed by atoms with Gasteiger partial charge in [0.05, 0.1) is 0 Å². The van der Waals surface area contributed by atoms with Crippen LogP contribution >= 0.6 is 22.7 Å². The third-order valence-corrected chi connectivity index (χ3v) is 3.47. The van der Waals surface area contributed by atoms with Crippen LogP contribution in [-0.2, 0) is 0 Å². The maximum atomic E-state index is 9.81. The van der Waals surface area contributed by atoms with E-state index in [1.807, 2.05) is 33.7 Å². The summed E-state index contributed by atoms with van der Waals surface area (Å²) in [7, 11) is 0. The molecule has 0 bridgehead atoms. The molecule has 2 nitrogen and oxygen atoms in total. The monoisotopic (exact) mass is 226 g/mol. The van der Waals surface area contributed by atoms with Crippen molar-refractivity contribution in [1.82, 2.24) is 0 Å². The standard InChI is InChI=1S/C10H10O2S2/c11-9(7-1-3-13-5-7)10(12)8-2-4-14-6-8/h1-6,9-12H/t9-,10+. The van der Waals surface area contributed by atoms with Gasteiger partial charge in [-0.25, -0.2) is 0 Å². The van der Waals surface area contributed by atoms with E-state index in [0.29, 0.717) is 0 Å². The number of thiophene rings is 2. The fraction of sp³-hybridized carbons (Fsp3) is 0.200. The van der Waals surface area contributed by atoms with Gasteiger partial charge < -0.3 is 10.2 Å². The third kappa shape index (κ3) is 1.88. The Morgan fingerprint density at radius 3 is 1.57 bits per heavy atom. The minimum absolute atomic E-state index is 0.772. The molecule has 0 radical (unpaired) electrons. The molecule has 74 valence electrons. The minimum Gasteiger partial charge on any atom is -0.385 e. The average Bonchev–Trinajstić information content (AvgIpc) is 2.87. The quantitative estimate of drug-likeness (QED) is 0.844. The summed E-state index contributed by atoms with van der Waals surface area (Å²) >= 11 is 3.03. The van der Waals surface area contributed by atoms with E-state index in [2.05, 4.69) is 0 Å². The Morgan fingerprint density at radius 2 is 1.29 bits per heavy atom. The summed E-state index contributed by atoms with van der Waals surface area (Å²) in [6, 6.07) is 3.65. The number of aliphatic hydroxyl groups excluding tert-OH is 2. The first-order valence-corrected chi connectivity index (χ1v) is 6.08. The molecule has 0 aliphatic rings. The molecular formula is C10H10O2S2. The molecule has 4 heteroatoms. The van der Waals surface area contributed by atoms with E-state index < -0.39 is 12.2 Å². The summed E-state index contributed by atoms with van der Waals surface area (Å²) < 4.78 is 0. The average molecular weight is 226 g/mol. The SMILES string of the molecule is O[C@H](c1ccsc1)[C@@H](O)c1ccsc1. The molecule has 0 aromatic carbocycles. The van der Waals surface area contributed by atoms with Gasteiger partial charge in [0, 0.05) is 0 Å². The van der Waals surface area contributed by atoms with Gasteiger partial charge in [-0.2, -0.15) is 22.7 Å². The first-order chi connectivity index (χ1) is 6.79. The minimum atomic E-state index is -0.823. The van der Waals surface area contributed by atoms with Crippen molar-refractivity contribution < 1.29 is 10.2 Å². The molecule has 2 atom stereocenters. The fourth-order valence-corrected chi connectivity index (χ4v) is 2.63. The molecule has 0 unspecified atom stereocenters. The third-order valence-electron chi connectivity index (χ3n) is 2.07. The molecule has 0 spiro atoms. The van der Waals surface area contributed by atoms with Crippen LogP contribution in [0.3, 0.4) is 0 Å². The molecule has 2 aromatic heterocycles. The summed E-state index contributed by atoms with van der Waals surface area (Å²) in [4.78, 5) is 0. The van der Waals surface area contributed by atoms with E-state index in [-0.39, 0.29) is 0 Å². The predicted octanol–water partition coefficient (Wildman–Crippen LogP) is 2.58. The second-order valence-corrected chi connectivity index (χ2v) is 4.56. The van der Waals surface area contributed by atoms with E-state index in [1.165, 1.54) is 22.7 Å². The van der Waals surface area contributed by atoms with Crippen molar-refractivity contribution in [3.8, 4) is 0 Å². The lowest BCUT2D eigenvalue weighted by atomic mass is 10.0. The van der Waals surface area contributed by atoms with Crippen LogP contribution in [0, 0.1) is 0 Å². The summed E-state index contributed by atoms with van der Waals surface area (Å²) in [5.74, 6) is 0. The molecule has 2 aromatic rings. The molecule has 0 aliphatic carbocycles. The van der Waals surface area contributed by atoms with Crippen LogP contribution in [0.25, 0.3) is 0 Å². The van der Waals surface area contributed by atoms with Crippen molar-refractivity contribution in [2.45, 2.75) is 12.2 Å². The van der Waals surface area contributed by atoms with Gasteiger partial charge in [-0.05, 0) is 44.8 Å². The largest absolute Gasteiger partial charge is 0.385 e. The maximum absolute atomic E-state index is 9.81. The van der Waals surface area contributed by atoms with E-state index >= 15 is 0 Å². The highest BCUT2D eigenvalue weighted by molar-refractivity contribution is 7.08. The van der Waals surface area contributed by atoms with Crippen LogP contribution in [0.2, 0.25) is 0 Å². The second-order valence-electron chi connectivity index (χ2n) is 3.00. The maximum Gasteiger partial charge on any atom is 0.110 e. The molecule has 0 saturated carbocycles. The summed E-state index contributed by atoms with van der Waals surface area (Å²) in [6.07, 6.45) is -1.65. The normalized spacial score (nSPS) is 15.3. The van der Waals surface area contributed by atoms with Crippen molar-refractivity contribution >= 4 is 22.7 Å². The van der Waals surface area contributed by atoms with Crippen molar-refractivity contribution in [3.05, 3.63) is 44.8 Å². The summed E-state index contributed by atoms with van der Waals surface area (Å²) in [6.45, 7) is 0. The Hall–Kier alpha value is -0.680. The summed E-state index contributed by atoms with van der Waals surface area (Å²) in [5, 5.41) is 27.1. The smallest absolute Gasteiger partial charge is 0.110 e. The van der Waals surface area contributed by atoms with Gasteiger partial charge in [0.15, 0.2) is 0 Å². The van der Waals surface area contributed by atoms with Gasteiger partial charge in [0.25, 0.3) is 0 Å². The van der Waals surface area contributed by atoms with Gasteiger partial charge in [-0.3, -0.25) is 0 Å². The zero-order chi connectivity index (χ0) is 9.97. The number of hydrogen-bond acceptors (Lipinski definition) is 4. The Kier molecular flexibility index (Phi) is 2.98. The van der Waals surface area contributed by atoms with E-state index in [0.717, 1.165) is 11.1 Å². The van der Waals surface area contributed by atoms with Crippen molar-refractivity contribution in [2.24, 2.45) is 0 Å². The highest BCUT2D eigenvalue weighted by Gasteiger charge is 2.20. The van der Waals surface area contributed by atoms with E-state index in [1.54, 1.807) is 0 Å². The van der Waals surface area contributed by atoms with Crippen LogP contribution in [0.15, 0.2) is 33.7 Å². The first-order valence-electron chi connectivity index (χ1n) is 4.19. The highest BCUT2D eigenvalue weighted by Crippen LogP contribution is 2.30. The number of hydrogen-bond donors (Lipinski definition) is 2. The van der Waals surface area contributed by atoms with Crippen LogP contribution in [0.4, 0.5) is 0 Å². The molecule has 14 heavy (non-hydrogen) atoms. The molecular weight excluding hydrogens is 216 g/mol. The van der Waals surface area contributed by atoms with Crippen LogP contribution in [-0.4, -0.2) is 10.2 Å². The van der Waals surface area contributed by atoms with Gasteiger partial charge in [0.2, 0.25) is 0 Å². The molecule has 0 amide bonds.